The van der Waals surface area contributed by atoms with Crippen LogP contribution < -0.4 is 9.64 Å². The maximum absolute atomic E-state index is 5.95. The molecule has 122 valence electrons. The van der Waals surface area contributed by atoms with Crippen LogP contribution in [0.25, 0.3) is 0 Å². The van der Waals surface area contributed by atoms with Crippen molar-refractivity contribution in [3.63, 3.8) is 0 Å². The molecular weight excluding hydrogens is 290 g/mol. The van der Waals surface area contributed by atoms with Crippen LogP contribution >= 0.6 is 0 Å². The first-order valence-corrected chi connectivity index (χ1v) is 7.95. The van der Waals surface area contributed by atoms with Crippen LogP contribution in [0.3, 0.4) is 0 Å². The molecule has 1 saturated heterocycles. The molecule has 0 radical (unpaired) electrons. The van der Waals surface area contributed by atoms with Crippen molar-refractivity contribution in [2.75, 3.05) is 31.7 Å². The zero-order chi connectivity index (χ0) is 16.2. The van der Waals surface area contributed by atoms with Crippen molar-refractivity contribution in [2.45, 2.75) is 26.4 Å². The van der Waals surface area contributed by atoms with Crippen LogP contribution in [0.15, 0.2) is 30.5 Å². The smallest absolute Gasteiger partial charge is 0.150 e. The van der Waals surface area contributed by atoms with Gasteiger partial charge in [-0.25, -0.2) is 4.98 Å². The highest BCUT2D eigenvalue weighted by atomic mass is 16.5. The molecule has 1 unspecified atom stereocenters. The molecule has 2 aromatic rings. The highest BCUT2D eigenvalue weighted by Gasteiger charge is 2.23. The van der Waals surface area contributed by atoms with Crippen LogP contribution in [-0.4, -0.2) is 42.9 Å². The number of benzene rings is 1. The topological polar surface area (TPSA) is 47.5 Å². The Hall–Kier alpha value is -2.14. The van der Waals surface area contributed by atoms with Gasteiger partial charge in [0.05, 0.1) is 31.2 Å². The molecule has 1 aromatic heterocycles. The molecule has 1 aliphatic rings. The number of nitrogens with zero attached hydrogens (tertiary/aromatic N) is 3. The van der Waals surface area contributed by atoms with Crippen molar-refractivity contribution in [2.24, 2.45) is 0 Å². The number of aromatic nitrogens is 2. The second-order valence-corrected chi connectivity index (χ2v) is 5.91. The average Bonchev–Trinajstić information content (AvgIpc) is 2.57. The van der Waals surface area contributed by atoms with E-state index < -0.39 is 0 Å². The van der Waals surface area contributed by atoms with Crippen molar-refractivity contribution in [1.29, 1.82) is 0 Å². The maximum Gasteiger partial charge on any atom is 0.150 e. The summed E-state index contributed by atoms with van der Waals surface area (Å²) in [5.74, 6) is 1.86. The summed E-state index contributed by atoms with van der Waals surface area (Å²) in [6.07, 6.45) is 2.83. The van der Waals surface area contributed by atoms with E-state index in [4.69, 9.17) is 9.47 Å². The van der Waals surface area contributed by atoms with Gasteiger partial charge < -0.3 is 14.4 Å². The van der Waals surface area contributed by atoms with Gasteiger partial charge in [-0.1, -0.05) is 12.1 Å². The van der Waals surface area contributed by atoms with Gasteiger partial charge in [-0.15, -0.1) is 0 Å². The zero-order valence-corrected chi connectivity index (χ0v) is 14.0. The largest absolute Gasteiger partial charge is 0.497 e. The van der Waals surface area contributed by atoms with E-state index in [-0.39, 0.29) is 6.10 Å². The summed E-state index contributed by atoms with van der Waals surface area (Å²) in [5.41, 5.74) is 3.14. The van der Waals surface area contributed by atoms with Gasteiger partial charge in [0.2, 0.25) is 0 Å². The quantitative estimate of drug-likeness (QED) is 0.868. The van der Waals surface area contributed by atoms with Crippen LogP contribution in [0.4, 0.5) is 5.82 Å². The number of anilines is 1. The molecule has 1 fully saturated rings. The second-order valence-electron chi connectivity index (χ2n) is 5.91. The third-order valence-electron chi connectivity index (χ3n) is 4.09. The van der Waals surface area contributed by atoms with E-state index in [1.807, 2.05) is 32.2 Å². The molecule has 5 heteroatoms. The number of ether oxygens (including phenoxy) is 2. The van der Waals surface area contributed by atoms with E-state index in [1.165, 1.54) is 5.56 Å². The van der Waals surface area contributed by atoms with E-state index in [0.717, 1.165) is 42.5 Å². The standard InChI is InChI=1S/C18H23N3O2/c1-13-11-19-14(2)18(20-13)21-7-8-23-17(12-21)10-15-5-4-6-16(9-15)22-3/h4-6,9,11,17H,7-8,10,12H2,1-3H3. The highest BCUT2D eigenvalue weighted by molar-refractivity contribution is 5.44. The van der Waals surface area contributed by atoms with Crippen LogP contribution in [0, 0.1) is 13.8 Å². The molecule has 3 rings (SSSR count). The molecular formula is C18H23N3O2. The van der Waals surface area contributed by atoms with Gasteiger partial charge in [-0.05, 0) is 31.5 Å². The van der Waals surface area contributed by atoms with Crippen LogP contribution in [0.5, 0.6) is 5.75 Å². The summed E-state index contributed by atoms with van der Waals surface area (Å²) >= 11 is 0. The molecule has 2 heterocycles. The number of aryl methyl sites for hydroxylation is 2. The second kappa shape index (κ2) is 6.96. The van der Waals surface area contributed by atoms with Crippen molar-refractivity contribution in [3.8, 4) is 5.75 Å². The van der Waals surface area contributed by atoms with Crippen LogP contribution in [0.1, 0.15) is 17.0 Å². The molecule has 0 aliphatic carbocycles. The Kier molecular flexibility index (Phi) is 4.76. The summed E-state index contributed by atoms with van der Waals surface area (Å²) in [7, 11) is 1.69. The van der Waals surface area contributed by atoms with E-state index in [9.17, 15) is 0 Å². The monoisotopic (exact) mass is 313 g/mol. The lowest BCUT2D eigenvalue weighted by atomic mass is 10.1. The molecule has 0 saturated carbocycles. The summed E-state index contributed by atoms with van der Waals surface area (Å²) in [4.78, 5) is 11.4. The lowest BCUT2D eigenvalue weighted by Crippen LogP contribution is -2.44. The summed E-state index contributed by atoms with van der Waals surface area (Å²) < 4.78 is 11.2. The lowest BCUT2D eigenvalue weighted by Gasteiger charge is -2.34. The molecule has 0 bridgehead atoms. The Bertz CT molecular complexity index is 675. The summed E-state index contributed by atoms with van der Waals surface area (Å²) in [5, 5.41) is 0. The Morgan fingerprint density at radius 2 is 2.22 bits per heavy atom. The number of morpholine rings is 1. The van der Waals surface area contributed by atoms with Crippen molar-refractivity contribution >= 4 is 5.82 Å². The fraction of sp³-hybridized carbons (Fsp3) is 0.444. The minimum atomic E-state index is 0.151. The first-order chi connectivity index (χ1) is 11.2. The van der Waals surface area contributed by atoms with E-state index >= 15 is 0 Å². The average molecular weight is 313 g/mol. The van der Waals surface area contributed by atoms with Gasteiger partial charge in [0, 0.05) is 25.7 Å². The fourth-order valence-electron chi connectivity index (χ4n) is 2.92. The SMILES string of the molecule is COc1cccc(CC2CN(c3nc(C)cnc3C)CCO2)c1. The molecule has 1 atom stereocenters. The van der Waals surface area contributed by atoms with Gasteiger partial charge in [-0.3, -0.25) is 4.98 Å². The van der Waals surface area contributed by atoms with Gasteiger partial charge >= 0.3 is 0 Å². The number of rotatable bonds is 4. The molecule has 0 N–H and O–H groups in total. The van der Waals surface area contributed by atoms with Crippen molar-refractivity contribution in [3.05, 3.63) is 47.4 Å². The molecule has 5 nitrogen and oxygen atoms in total. The maximum atomic E-state index is 5.95. The van der Waals surface area contributed by atoms with Crippen molar-refractivity contribution in [1.82, 2.24) is 9.97 Å². The number of hydrogen-bond donors (Lipinski definition) is 0. The predicted molar refractivity (Wildman–Crippen MR) is 90.2 cm³/mol. The fourth-order valence-corrected chi connectivity index (χ4v) is 2.92. The Balaban J connectivity index is 1.71. The summed E-state index contributed by atoms with van der Waals surface area (Å²) in [6, 6.07) is 8.16. The third-order valence-corrected chi connectivity index (χ3v) is 4.09. The third kappa shape index (κ3) is 3.79. The minimum Gasteiger partial charge on any atom is -0.497 e. The molecule has 0 spiro atoms. The Labute approximate surface area is 137 Å². The highest BCUT2D eigenvalue weighted by Crippen LogP contribution is 2.21. The Morgan fingerprint density at radius 1 is 1.35 bits per heavy atom. The normalized spacial score (nSPS) is 18.0. The molecule has 1 aliphatic heterocycles. The van der Waals surface area contributed by atoms with Crippen molar-refractivity contribution < 1.29 is 9.47 Å². The minimum absolute atomic E-state index is 0.151. The van der Waals surface area contributed by atoms with E-state index in [1.54, 1.807) is 7.11 Å². The van der Waals surface area contributed by atoms with E-state index in [0.29, 0.717) is 6.61 Å². The number of methoxy groups -OCH3 is 1. The first-order valence-electron chi connectivity index (χ1n) is 7.95. The first kappa shape index (κ1) is 15.7. The predicted octanol–water partition coefficient (Wildman–Crippen LogP) is 2.55. The van der Waals surface area contributed by atoms with Gasteiger partial charge in [0.15, 0.2) is 5.82 Å². The van der Waals surface area contributed by atoms with Gasteiger partial charge in [-0.2, -0.15) is 0 Å². The van der Waals surface area contributed by atoms with Crippen LogP contribution in [-0.2, 0) is 11.2 Å². The van der Waals surface area contributed by atoms with Gasteiger partial charge in [0.1, 0.15) is 5.75 Å². The summed E-state index contributed by atoms with van der Waals surface area (Å²) in [6.45, 7) is 6.38. The van der Waals surface area contributed by atoms with Crippen LogP contribution in [0.2, 0.25) is 0 Å². The lowest BCUT2D eigenvalue weighted by molar-refractivity contribution is 0.0407. The van der Waals surface area contributed by atoms with Gasteiger partial charge in [0.25, 0.3) is 0 Å². The number of hydrogen-bond acceptors (Lipinski definition) is 5. The Morgan fingerprint density at radius 3 is 3.04 bits per heavy atom. The molecule has 23 heavy (non-hydrogen) atoms. The molecule has 1 aromatic carbocycles. The molecule has 0 amide bonds. The zero-order valence-electron chi connectivity index (χ0n) is 14.0. The van der Waals surface area contributed by atoms with E-state index in [2.05, 4.69) is 27.0 Å².